The molecule has 0 atom stereocenters. The average Bonchev–Trinajstić information content (AvgIpc) is 2.83. The summed E-state index contributed by atoms with van der Waals surface area (Å²) in [7, 11) is 8.15. The highest BCUT2D eigenvalue weighted by atomic mass is 16.5. The van der Waals surface area contributed by atoms with E-state index < -0.39 is 0 Å². The first-order valence-electron chi connectivity index (χ1n) is 8.89. The van der Waals surface area contributed by atoms with Crippen molar-refractivity contribution in [3.8, 4) is 17.2 Å². The van der Waals surface area contributed by atoms with E-state index in [1.54, 1.807) is 40.3 Å². The van der Waals surface area contributed by atoms with Crippen LogP contribution in [0.3, 0.4) is 0 Å². The Kier molecular flexibility index (Phi) is 7.29. The van der Waals surface area contributed by atoms with Gasteiger partial charge in [0.05, 0.1) is 27.9 Å². The fourth-order valence-corrected chi connectivity index (χ4v) is 3.07. The van der Waals surface area contributed by atoms with Gasteiger partial charge in [0.15, 0.2) is 11.5 Å². The Morgan fingerprint density at radius 1 is 1.04 bits per heavy atom. The van der Waals surface area contributed by atoms with Crippen LogP contribution in [0, 0.1) is 0 Å². The van der Waals surface area contributed by atoms with Crippen LogP contribution in [0.2, 0.25) is 0 Å². The van der Waals surface area contributed by atoms with Crippen molar-refractivity contribution in [1.29, 1.82) is 0 Å². The normalized spacial score (nSPS) is 15.3. The van der Waals surface area contributed by atoms with Crippen molar-refractivity contribution in [2.45, 2.75) is 13.0 Å². The summed E-state index contributed by atoms with van der Waals surface area (Å²) in [6.45, 7) is 2.58. The first kappa shape index (κ1) is 20.8. The molecule has 1 aromatic rings. The van der Waals surface area contributed by atoms with Crippen molar-refractivity contribution < 1.29 is 23.8 Å². The molecule has 0 spiro atoms. The first-order valence-corrected chi connectivity index (χ1v) is 8.89. The molecule has 0 saturated carbocycles. The molecular formula is C19H29N3O5. The van der Waals surface area contributed by atoms with Crippen LogP contribution >= 0.6 is 0 Å². The second-order valence-corrected chi connectivity index (χ2v) is 6.62. The van der Waals surface area contributed by atoms with E-state index in [0.29, 0.717) is 49.8 Å². The molecule has 2 rings (SSSR count). The molecule has 0 radical (unpaired) electrons. The van der Waals surface area contributed by atoms with Crippen molar-refractivity contribution in [1.82, 2.24) is 14.7 Å². The van der Waals surface area contributed by atoms with E-state index in [1.165, 1.54) is 4.90 Å². The molecule has 1 heterocycles. The van der Waals surface area contributed by atoms with Gasteiger partial charge in [-0.25, -0.2) is 0 Å². The fraction of sp³-hybridized carbons (Fsp3) is 0.579. The Hall–Kier alpha value is -2.48. The van der Waals surface area contributed by atoms with Crippen LogP contribution in [-0.2, 0) is 16.1 Å². The molecule has 2 amide bonds. The minimum absolute atomic E-state index is 0.00646. The number of carbonyl (C=O) groups is 2. The molecular weight excluding hydrogens is 350 g/mol. The molecule has 0 aliphatic carbocycles. The van der Waals surface area contributed by atoms with Crippen LogP contribution in [0.1, 0.15) is 12.0 Å². The van der Waals surface area contributed by atoms with E-state index >= 15 is 0 Å². The van der Waals surface area contributed by atoms with E-state index in [9.17, 15) is 9.59 Å². The van der Waals surface area contributed by atoms with Crippen molar-refractivity contribution in [3.05, 3.63) is 17.7 Å². The maximum Gasteiger partial charge on any atom is 0.241 e. The lowest BCUT2D eigenvalue weighted by atomic mass is 10.1. The molecule has 1 fully saturated rings. The molecule has 0 N–H and O–H groups in total. The second kappa shape index (κ2) is 9.45. The molecule has 150 valence electrons. The average molecular weight is 379 g/mol. The van der Waals surface area contributed by atoms with Gasteiger partial charge in [-0.3, -0.25) is 14.5 Å². The number of nitrogens with zero attached hydrogens (tertiary/aromatic N) is 3. The van der Waals surface area contributed by atoms with Crippen molar-refractivity contribution in [2.24, 2.45) is 0 Å². The summed E-state index contributed by atoms with van der Waals surface area (Å²) in [5.74, 6) is 1.73. The lowest BCUT2D eigenvalue weighted by Crippen LogP contribution is -2.41. The third kappa shape index (κ3) is 5.03. The van der Waals surface area contributed by atoms with Gasteiger partial charge in [-0.1, -0.05) is 6.07 Å². The molecule has 1 aliphatic rings. The molecule has 1 saturated heterocycles. The molecule has 1 aromatic carbocycles. The van der Waals surface area contributed by atoms with Gasteiger partial charge in [-0.15, -0.1) is 0 Å². The summed E-state index contributed by atoms with van der Waals surface area (Å²) in [5.41, 5.74) is 0.959. The second-order valence-electron chi connectivity index (χ2n) is 6.62. The van der Waals surface area contributed by atoms with Crippen LogP contribution in [0.5, 0.6) is 17.2 Å². The molecule has 8 nitrogen and oxygen atoms in total. The van der Waals surface area contributed by atoms with Crippen LogP contribution in [0.4, 0.5) is 0 Å². The highest BCUT2D eigenvalue weighted by Gasteiger charge is 2.25. The Balaban J connectivity index is 2.11. The number of hydrogen-bond donors (Lipinski definition) is 0. The number of amides is 2. The standard InChI is InChI=1S/C19H29N3O5/c1-20(2)17(24)13-22-11-10-21(9-8-16(22)23)12-14-6-7-15(25-3)19(27-5)18(14)26-4/h6-7H,8-13H2,1-5H3. The number of methoxy groups -OCH3 is 3. The van der Waals surface area contributed by atoms with Crippen LogP contribution < -0.4 is 14.2 Å². The van der Waals surface area contributed by atoms with E-state index in [4.69, 9.17) is 14.2 Å². The summed E-state index contributed by atoms with van der Waals surface area (Å²) >= 11 is 0. The lowest BCUT2D eigenvalue weighted by molar-refractivity contribution is -0.138. The van der Waals surface area contributed by atoms with E-state index in [0.717, 1.165) is 5.56 Å². The number of hydrogen-bond acceptors (Lipinski definition) is 6. The molecule has 0 unspecified atom stereocenters. The quantitative estimate of drug-likeness (QED) is 0.699. The monoisotopic (exact) mass is 379 g/mol. The predicted octanol–water partition coefficient (Wildman–Crippen LogP) is 0.835. The minimum Gasteiger partial charge on any atom is -0.493 e. The molecule has 0 aromatic heterocycles. The molecule has 1 aliphatic heterocycles. The number of carbonyl (C=O) groups excluding carboxylic acids is 2. The number of likely N-dealkylation sites (N-methyl/N-ethyl adjacent to an activating group) is 1. The summed E-state index contributed by atoms with van der Waals surface area (Å²) in [6.07, 6.45) is 0.385. The topological polar surface area (TPSA) is 71.6 Å². The third-order valence-corrected chi connectivity index (χ3v) is 4.69. The highest BCUT2D eigenvalue weighted by molar-refractivity contribution is 5.84. The number of rotatable bonds is 7. The smallest absolute Gasteiger partial charge is 0.241 e. The molecule has 8 heteroatoms. The van der Waals surface area contributed by atoms with Gasteiger partial charge in [-0.05, 0) is 6.07 Å². The summed E-state index contributed by atoms with van der Waals surface area (Å²) < 4.78 is 16.3. The van der Waals surface area contributed by atoms with E-state index in [1.807, 2.05) is 12.1 Å². The van der Waals surface area contributed by atoms with E-state index in [2.05, 4.69) is 4.90 Å². The van der Waals surface area contributed by atoms with Gasteiger partial charge >= 0.3 is 0 Å². The Labute approximate surface area is 160 Å². The lowest BCUT2D eigenvalue weighted by Gasteiger charge is -2.24. The zero-order valence-corrected chi connectivity index (χ0v) is 16.8. The maximum atomic E-state index is 12.3. The van der Waals surface area contributed by atoms with Gasteiger partial charge in [0.2, 0.25) is 17.6 Å². The fourth-order valence-electron chi connectivity index (χ4n) is 3.07. The number of ether oxygens (including phenoxy) is 3. The Morgan fingerprint density at radius 3 is 2.33 bits per heavy atom. The number of benzene rings is 1. The van der Waals surface area contributed by atoms with Crippen LogP contribution in [0.15, 0.2) is 12.1 Å². The SMILES string of the molecule is COc1ccc(CN2CCC(=O)N(CC(=O)N(C)C)CC2)c(OC)c1OC. The van der Waals surface area contributed by atoms with Gasteiger partial charge in [0, 0.05) is 52.3 Å². The highest BCUT2D eigenvalue weighted by Crippen LogP contribution is 2.40. The summed E-state index contributed by atoms with van der Waals surface area (Å²) in [6, 6.07) is 3.79. The van der Waals surface area contributed by atoms with Gasteiger partial charge < -0.3 is 24.0 Å². The Morgan fingerprint density at radius 2 is 1.74 bits per heavy atom. The van der Waals surface area contributed by atoms with E-state index in [-0.39, 0.29) is 18.4 Å². The van der Waals surface area contributed by atoms with Gasteiger partial charge in [0.25, 0.3) is 0 Å². The van der Waals surface area contributed by atoms with Crippen molar-refractivity contribution in [2.75, 3.05) is 61.6 Å². The van der Waals surface area contributed by atoms with Crippen LogP contribution in [0.25, 0.3) is 0 Å². The summed E-state index contributed by atoms with van der Waals surface area (Å²) in [5, 5.41) is 0. The zero-order valence-electron chi connectivity index (χ0n) is 16.8. The predicted molar refractivity (Wildman–Crippen MR) is 101 cm³/mol. The Bertz CT molecular complexity index is 678. The van der Waals surface area contributed by atoms with Gasteiger partial charge in [0.1, 0.15) is 0 Å². The minimum atomic E-state index is -0.0710. The van der Waals surface area contributed by atoms with Crippen molar-refractivity contribution >= 4 is 11.8 Å². The summed E-state index contributed by atoms with van der Waals surface area (Å²) in [4.78, 5) is 29.6. The van der Waals surface area contributed by atoms with Crippen molar-refractivity contribution in [3.63, 3.8) is 0 Å². The molecule has 0 bridgehead atoms. The largest absolute Gasteiger partial charge is 0.493 e. The third-order valence-electron chi connectivity index (χ3n) is 4.69. The first-order chi connectivity index (χ1) is 12.9. The van der Waals surface area contributed by atoms with Crippen LogP contribution in [-0.4, -0.2) is 88.1 Å². The zero-order chi connectivity index (χ0) is 20.0. The maximum absolute atomic E-state index is 12.3. The molecule has 27 heavy (non-hydrogen) atoms. The van der Waals surface area contributed by atoms with Gasteiger partial charge in [-0.2, -0.15) is 0 Å².